The summed E-state index contributed by atoms with van der Waals surface area (Å²) in [7, 11) is 3.29. The number of halogens is 1. The Labute approximate surface area is 153 Å². The van der Waals surface area contributed by atoms with Crippen LogP contribution < -0.4 is 0 Å². The van der Waals surface area contributed by atoms with E-state index < -0.39 is 18.0 Å². The molecule has 2 unspecified atom stereocenters. The van der Waals surface area contributed by atoms with E-state index in [1.54, 1.807) is 32.3 Å². The summed E-state index contributed by atoms with van der Waals surface area (Å²) in [4.78, 5) is 28.2. The largest absolute Gasteiger partial charge is 0.389 e. The van der Waals surface area contributed by atoms with Crippen molar-refractivity contribution < 1.29 is 19.1 Å². The first-order valence-electron chi connectivity index (χ1n) is 9.00. The van der Waals surface area contributed by atoms with Crippen LogP contribution in [0.5, 0.6) is 0 Å². The van der Waals surface area contributed by atoms with Crippen LogP contribution >= 0.6 is 0 Å². The van der Waals surface area contributed by atoms with Crippen molar-refractivity contribution in [3.8, 4) is 0 Å². The Kier molecular flexibility index (Phi) is 5.53. The molecule has 2 fully saturated rings. The molecular formula is C20H25FN2O3. The van der Waals surface area contributed by atoms with E-state index in [-0.39, 0.29) is 24.2 Å². The van der Waals surface area contributed by atoms with Crippen LogP contribution in [0, 0.1) is 11.7 Å². The minimum absolute atomic E-state index is 0.0118. The van der Waals surface area contributed by atoms with E-state index in [1.165, 1.54) is 17.0 Å². The second-order valence-corrected chi connectivity index (χ2v) is 7.33. The maximum Gasteiger partial charge on any atom is 0.246 e. The molecular weight excluding hydrogens is 335 g/mol. The van der Waals surface area contributed by atoms with Gasteiger partial charge in [0.05, 0.1) is 12.1 Å². The number of rotatable bonds is 5. The Bertz CT molecular complexity index is 728. The first-order chi connectivity index (χ1) is 12.4. The van der Waals surface area contributed by atoms with E-state index in [2.05, 4.69) is 0 Å². The molecule has 1 aliphatic carbocycles. The molecule has 1 N–H and O–H groups in total. The van der Waals surface area contributed by atoms with Gasteiger partial charge < -0.3 is 10.0 Å². The molecule has 2 aliphatic rings. The summed E-state index contributed by atoms with van der Waals surface area (Å²) < 4.78 is 14.4. The third-order valence-electron chi connectivity index (χ3n) is 5.07. The third kappa shape index (κ3) is 4.02. The Morgan fingerprint density at radius 2 is 1.96 bits per heavy atom. The highest BCUT2D eigenvalue weighted by molar-refractivity contribution is 5.90. The van der Waals surface area contributed by atoms with Gasteiger partial charge in [0, 0.05) is 44.7 Å². The summed E-state index contributed by atoms with van der Waals surface area (Å²) in [6.45, 7) is 0.754. The van der Waals surface area contributed by atoms with E-state index in [0.29, 0.717) is 24.1 Å². The Balaban J connectivity index is 1.90. The molecule has 1 aliphatic heterocycles. The number of aliphatic hydroxyl groups excluding tert-OH is 1. The number of nitrogens with zero attached hydrogens (tertiary/aromatic N) is 2. The summed E-state index contributed by atoms with van der Waals surface area (Å²) in [5.74, 6) is -0.587. The minimum Gasteiger partial charge on any atom is -0.389 e. The second-order valence-electron chi connectivity index (χ2n) is 7.33. The molecule has 140 valence electrons. The van der Waals surface area contributed by atoms with Crippen molar-refractivity contribution in [2.24, 2.45) is 5.92 Å². The number of carbonyl (C=O) groups excluding carboxylic acids is 2. The zero-order chi connectivity index (χ0) is 18.8. The number of carbonyl (C=O) groups is 2. The molecule has 26 heavy (non-hydrogen) atoms. The summed E-state index contributed by atoms with van der Waals surface area (Å²) >= 11 is 0. The lowest BCUT2D eigenvalue weighted by Gasteiger charge is -2.37. The van der Waals surface area contributed by atoms with E-state index >= 15 is 0 Å². The molecule has 3 rings (SSSR count). The maximum absolute atomic E-state index is 14.4. The van der Waals surface area contributed by atoms with Crippen molar-refractivity contribution in [1.82, 2.24) is 9.80 Å². The molecule has 1 heterocycles. The number of benzene rings is 1. The number of ketones is 1. The average molecular weight is 360 g/mol. The molecule has 1 aromatic rings. The van der Waals surface area contributed by atoms with Gasteiger partial charge in [-0.1, -0.05) is 18.2 Å². The smallest absolute Gasteiger partial charge is 0.246 e. The monoisotopic (exact) mass is 360 g/mol. The number of hydrogen-bond acceptors (Lipinski definition) is 4. The van der Waals surface area contributed by atoms with Crippen LogP contribution in [-0.4, -0.2) is 59.9 Å². The summed E-state index contributed by atoms with van der Waals surface area (Å²) in [6, 6.07) is 5.69. The first-order valence-corrected chi connectivity index (χ1v) is 9.00. The van der Waals surface area contributed by atoms with Gasteiger partial charge >= 0.3 is 0 Å². The van der Waals surface area contributed by atoms with Crippen molar-refractivity contribution in [3.63, 3.8) is 0 Å². The number of likely N-dealkylation sites (N-methyl/N-ethyl adjacent to an activating group) is 1. The summed E-state index contributed by atoms with van der Waals surface area (Å²) in [5, 5.41) is 10.3. The van der Waals surface area contributed by atoms with Crippen molar-refractivity contribution in [1.29, 1.82) is 0 Å². The second kappa shape index (κ2) is 7.68. The van der Waals surface area contributed by atoms with Gasteiger partial charge in [0.25, 0.3) is 0 Å². The summed E-state index contributed by atoms with van der Waals surface area (Å²) in [6.07, 6.45) is 2.82. The molecule has 1 aromatic carbocycles. The molecule has 0 bridgehead atoms. The quantitative estimate of drug-likeness (QED) is 0.815. The number of likely N-dealkylation sites (tertiary alicyclic amines) is 1. The van der Waals surface area contributed by atoms with Crippen LogP contribution in [0.1, 0.15) is 30.9 Å². The number of hydrogen-bond donors (Lipinski definition) is 1. The summed E-state index contributed by atoms with van der Waals surface area (Å²) in [5.41, 5.74) is 0.943. The molecule has 0 spiro atoms. The highest BCUT2D eigenvalue weighted by atomic mass is 19.1. The van der Waals surface area contributed by atoms with E-state index in [0.717, 1.165) is 12.8 Å². The molecule has 0 radical (unpaired) electrons. The van der Waals surface area contributed by atoms with Gasteiger partial charge in [-0.25, -0.2) is 4.39 Å². The zero-order valence-electron chi connectivity index (χ0n) is 15.2. The predicted molar refractivity (Wildman–Crippen MR) is 95.8 cm³/mol. The van der Waals surface area contributed by atoms with Gasteiger partial charge in [-0.2, -0.15) is 0 Å². The van der Waals surface area contributed by atoms with Gasteiger partial charge in [-0.15, -0.1) is 0 Å². The number of amides is 1. The van der Waals surface area contributed by atoms with Crippen LogP contribution in [0.4, 0.5) is 4.39 Å². The Hall–Kier alpha value is -2.05. The van der Waals surface area contributed by atoms with Gasteiger partial charge in [0.2, 0.25) is 5.91 Å². The molecule has 1 saturated carbocycles. The number of aliphatic hydroxyl groups is 1. The van der Waals surface area contributed by atoms with Gasteiger partial charge in [0.1, 0.15) is 5.82 Å². The number of piperidine rings is 1. The van der Waals surface area contributed by atoms with Gasteiger partial charge in [-0.3, -0.25) is 14.5 Å². The third-order valence-corrected chi connectivity index (χ3v) is 5.07. The lowest BCUT2D eigenvalue weighted by atomic mass is 9.92. The SMILES string of the molecule is CN(C)C(=O)/C=C1/CN(C(C(=O)C2CC2)c2ccccc2F)CCC1O. The predicted octanol–water partition coefficient (Wildman–Crippen LogP) is 1.93. The fraction of sp³-hybridized carbons (Fsp3) is 0.500. The Morgan fingerprint density at radius 1 is 1.27 bits per heavy atom. The van der Waals surface area contributed by atoms with Crippen molar-refractivity contribution in [3.05, 3.63) is 47.3 Å². The molecule has 5 nitrogen and oxygen atoms in total. The highest BCUT2D eigenvalue weighted by Crippen LogP contribution is 2.39. The Morgan fingerprint density at radius 3 is 2.58 bits per heavy atom. The van der Waals surface area contributed by atoms with E-state index in [9.17, 15) is 19.1 Å². The van der Waals surface area contributed by atoms with Crippen molar-refractivity contribution in [2.75, 3.05) is 27.2 Å². The highest BCUT2D eigenvalue weighted by Gasteiger charge is 2.41. The van der Waals surface area contributed by atoms with Crippen LogP contribution in [0.2, 0.25) is 0 Å². The standard InChI is InChI=1S/C20H25FN2O3/c1-22(2)18(25)11-14-12-23(10-9-17(14)24)19(20(26)13-7-8-13)15-5-3-4-6-16(15)21/h3-6,11,13,17,19,24H,7-10,12H2,1-2H3/b14-11-. The fourth-order valence-corrected chi connectivity index (χ4v) is 3.36. The fourth-order valence-electron chi connectivity index (χ4n) is 3.36. The average Bonchev–Trinajstić information content (AvgIpc) is 3.44. The van der Waals surface area contributed by atoms with Crippen molar-refractivity contribution >= 4 is 11.7 Å². The normalized spacial score (nSPS) is 23.7. The van der Waals surface area contributed by atoms with Crippen LogP contribution in [0.25, 0.3) is 0 Å². The molecule has 1 amide bonds. The van der Waals surface area contributed by atoms with Crippen LogP contribution in [0.15, 0.2) is 35.9 Å². The zero-order valence-corrected chi connectivity index (χ0v) is 15.2. The van der Waals surface area contributed by atoms with E-state index in [4.69, 9.17) is 0 Å². The van der Waals surface area contributed by atoms with Crippen LogP contribution in [0.3, 0.4) is 0 Å². The van der Waals surface area contributed by atoms with Gasteiger partial charge in [0.15, 0.2) is 5.78 Å². The number of Topliss-reactive ketones (excluding diaryl/α,β-unsaturated/α-hetero) is 1. The lowest BCUT2D eigenvalue weighted by Crippen LogP contribution is -2.44. The van der Waals surface area contributed by atoms with E-state index in [1.807, 2.05) is 4.90 Å². The first kappa shape index (κ1) is 18.7. The topological polar surface area (TPSA) is 60.9 Å². The lowest BCUT2D eigenvalue weighted by molar-refractivity contribution is -0.126. The van der Waals surface area contributed by atoms with Crippen molar-refractivity contribution in [2.45, 2.75) is 31.4 Å². The van der Waals surface area contributed by atoms with Gasteiger partial charge in [-0.05, 0) is 30.9 Å². The molecule has 2 atom stereocenters. The minimum atomic E-state index is -0.715. The molecule has 1 saturated heterocycles. The molecule has 6 heteroatoms. The maximum atomic E-state index is 14.4. The van der Waals surface area contributed by atoms with Crippen LogP contribution in [-0.2, 0) is 9.59 Å². The molecule has 0 aromatic heterocycles.